The number of carbonyl (C=O) groups is 3. The molecule has 1 fully saturated rings. The van der Waals surface area contributed by atoms with Crippen LogP contribution in [0.2, 0.25) is 0 Å². The number of anilines is 1. The van der Waals surface area contributed by atoms with Crippen LogP contribution in [-0.4, -0.2) is 41.4 Å². The summed E-state index contributed by atoms with van der Waals surface area (Å²) < 4.78 is 18.1. The number of carbonyl (C=O) groups excluding carboxylic acids is 3. The van der Waals surface area contributed by atoms with Crippen molar-refractivity contribution in [3.05, 3.63) is 30.1 Å². The number of hydrogen-bond donors (Lipinski definition) is 1. The third-order valence-corrected chi connectivity index (χ3v) is 4.83. The molecule has 1 saturated carbocycles. The van der Waals surface area contributed by atoms with Gasteiger partial charge in [-0.15, -0.1) is 0 Å². The van der Waals surface area contributed by atoms with Gasteiger partial charge in [0, 0.05) is 17.6 Å². The van der Waals surface area contributed by atoms with Crippen molar-refractivity contribution in [2.45, 2.75) is 58.4 Å². The number of benzene rings is 1. The van der Waals surface area contributed by atoms with Crippen LogP contribution in [0.4, 0.5) is 10.1 Å². The predicted molar refractivity (Wildman–Crippen MR) is 104 cm³/mol. The van der Waals surface area contributed by atoms with E-state index in [1.807, 2.05) is 0 Å². The summed E-state index contributed by atoms with van der Waals surface area (Å²) in [5.74, 6) is -1.26. The van der Waals surface area contributed by atoms with Crippen LogP contribution < -0.4 is 5.32 Å². The first kappa shape index (κ1) is 21.9. The molecule has 1 N–H and O–H groups in total. The van der Waals surface area contributed by atoms with E-state index in [0.717, 1.165) is 25.7 Å². The summed E-state index contributed by atoms with van der Waals surface area (Å²) in [4.78, 5) is 38.2. The predicted octanol–water partition coefficient (Wildman–Crippen LogP) is 3.51. The number of hydrogen-bond acceptors (Lipinski definition) is 4. The van der Waals surface area contributed by atoms with Crippen molar-refractivity contribution in [1.82, 2.24) is 4.90 Å². The van der Waals surface area contributed by atoms with E-state index in [1.54, 1.807) is 20.8 Å². The SMILES string of the molecule is CC(C)(C)N(CC(=O)Nc1ccc(F)cc1)C(=O)COC(=O)CC1CCCC1. The first-order valence-corrected chi connectivity index (χ1v) is 9.66. The Kier molecular flexibility index (Phi) is 7.54. The van der Waals surface area contributed by atoms with E-state index in [-0.39, 0.29) is 19.1 Å². The third kappa shape index (κ3) is 6.94. The highest BCUT2D eigenvalue weighted by molar-refractivity contribution is 5.95. The quantitative estimate of drug-likeness (QED) is 0.721. The van der Waals surface area contributed by atoms with Gasteiger partial charge in [0.05, 0.1) is 0 Å². The number of nitrogens with one attached hydrogen (secondary N) is 1. The standard InChI is InChI=1S/C21H29FN2O4/c1-21(2,3)24(13-18(25)23-17-10-8-16(22)9-11-17)19(26)14-28-20(27)12-15-6-4-5-7-15/h8-11,15H,4-7,12-14H2,1-3H3,(H,23,25). The minimum Gasteiger partial charge on any atom is -0.456 e. The minimum absolute atomic E-state index is 0.195. The van der Waals surface area contributed by atoms with Crippen LogP contribution in [0.1, 0.15) is 52.9 Å². The molecule has 7 heteroatoms. The Morgan fingerprint density at radius 1 is 1.14 bits per heavy atom. The molecule has 0 aliphatic heterocycles. The maximum absolute atomic E-state index is 13.0. The lowest BCUT2D eigenvalue weighted by Crippen LogP contribution is -2.50. The van der Waals surface area contributed by atoms with Gasteiger partial charge in [0.25, 0.3) is 5.91 Å². The lowest BCUT2D eigenvalue weighted by atomic mass is 10.0. The lowest BCUT2D eigenvalue weighted by Gasteiger charge is -2.35. The smallest absolute Gasteiger partial charge is 0.306 e. The zero-order valence-corrected chi connectivity index (χ0v) is 16.8. The van der Waals surface area contributed by atoms with Gasteiger partial charge in [-0.25, -0.2) is 4.39 Å². The molecule has 0 radical (unpaired) electrons. The van der Waals surface area contributed by atoms with E-state index in [2.05, 4.69) is 5.32 Å². The average Bonchev–Trinajstić information content (AvgIpc) is 3.11. The molecular formula is C21H29FN2O4. The van der Waals surface area contributed by atoms with Gasteiger partial charge in [0.15, 0.2) is 6.61 Å². The van der Waals surface area contributed by atoms with Gasteiger partial charge >= 0.3 is 5.97 Å². The Morgan fingerprint density at radius 2 is 1.75 bits per heavy atom. The minimum atomic E-state index is -0.630. The van der Waals surface area contributed by atoms with Crippen LogP contribution in [0, 0.1) is 11.7 Å². The van der Waals surface area contributed by atoms with Crippen molar-refractivity contribution in [2.24, 2.45) is 5.92 Å². The molecule has 154 valence electrons. The van der Waals surface area contributed by atoms with E-state index in [9.17, 15) is 18.8 Å². The monoisotopic (exact) mass is 392 g/mol. The maximum atomic E-state index is 13.0. The van der Waals surface area contributed by atoms with E-state index in [4.69, 9.17) is 4.74 Å². The Hall–Kier alpha value is -2.44. The Labute approximate surface area is 165 Å². The summed E-state index contributed by atoms with van der Waals surface area (Å²) in [5.41, 5.74) is -0.189. The van der Waals surface area contributed by atoms with E-state index >= 15 is 0 Å². The fourth-order valence-corrected chi connectivity index (χ4v) is 3.31. The molecule has 28 heavy (non-hydrogen) atoms. The molecule has 1 aromatic rings. The number of amides is 2. The summed E-state index contributed by atoms with van der Waals surface area (Å²) in [6.45, 7) is 4.83. The van der Waals surface area contributed by atoms with Gasteiger partial charge in [-0.05, 0) is 63.8 Å². The van der Waals surface area contributed by atoms with Gasteiger partial charge in [0.1, 0.15) is 12.4 Å². The Morgan fingerprint density at radius 3 is 2.32 bits per heavy atom. The Balaban J connectivity index is 1.88. The molecule has 0 heterocycles. The van der Waals surface area contributed by atoms with E-state index in [1.165, 1.54) is 29.2 Å². The van der Waals surface area contributed by atoms with Crippen molar-refractivity contribution in [2.75, 3.05) is 18.5 Å². The first-order valence-electron chi connectivity index (χ1n) is 9.66. The molecule has 1 aliphatic carbocycles. The van der Waals surface area contributed by atoms with Gasteiger partial charge in [0.2, 0.25) is 5.91 Å². The van der Waals surface area contributed by atoms with Crippen molar-refractivity contribution in [1.29, 1.82) is 0 Å². The van der Waals surface area contributed by atoms with Crippen LogP contribution in [0.5, 0.6) is 0 Å². The molecular weight excluding hydrogens is 363 g/mol. The third-order valence-electron chi connectivity index (χ3n) is 4.83. The number of ether oxygens (including phenoxy) is 1. The summed E-state index contributed by atoms with van der Waals surface area (Å²) in [6.07, 6.45) is 4.67. The van der Waals surface area contributed by atoms with Crippen LogP contribution in [0.25, 0.3) is 0 Å². The summed E-state index contributed by atoms with van der Waals surface area (Å²) in [5, 5.41) is 2.63. The van der Waals surface area contributed by atoms with Gasteiger partial charge in [-0.2, -0.15) is 0 Å². The molecule has 1 aromatic carbocycles. The summed E-state index contributed by atoms with van der Waals surface area (Å²) >= 11 is 0. The molecule has 1 aliphatic rings. The molecule has 0 saturated heterocycles. The fraction of sp³-hybridized carbons (Fsp3) is 0.571. The molecule has 0 unspecified atom stereocenters. The molecule has 0 spiro atoms. The molecule has 0 bridgehead atoms. The van der Waals surface area contributed by atoms with Crippen molar-refractivity contribution in [3.8, 4) is 0 Å². The maximum Gasteiger partial charge on any atom is 0.306 e. The van der Waals surface area contributed by atoms with Gasteiger partial charge in [-0.1, -0.05) is 12.8 Å². The highest BCUT2D eigenvalue weighted by Crippen LogP contribution is 2.27. The number of nitrogens with zero attached hydrogens (tertiary/aromatic N) is 1. The van der Waals surface area contributed by atoms with Crippen LogP contribution in [0.15, 0.2) is 24.3 Å². The second kappa shape index (κ2) is 9.66. The number of esters is 1. The average molecular weight is 392 g/mol. The lowest BCUT2D eigenvalue weighted by molar-refractivity contribution is -0.155. The zero-order chi connectivity index (χ0) is 20.7. The largest absolute Gasteiger partial charge is 0.456 e. The number of rotatable bonds is 7. The normalized spacial score (nSPS) is 14.6. The first-order chi connectivity index (χ1) is 13.1. The molecule has 2 rings (SSSR count). The highest BCUT2D eigenvalue weighted by Gasteiger charge is 2.29. The Bertz CT molecular complexity index is 691. The topological polar surface area (TPSA) is 75.7 Å². The number of halogens is 1. The molecule has 2 amide bonds. The highest BCUT2D eigenvalue weighted by atomic mass is 19.1. The van der Waals surface area contributed by atoms with Gasteiger partial charge < -0.3 is 15.0 Å². The summed E-state index contributed by atoms with van der Waals surface area (Å²) in [6, 6.07) is 5.38. The van der Waals surface area contributed by atoms with Crippen molar-refractivity contribution in [3.63, 3.8) is 0 Å². The van der Waals surface area contributed by atoms with Crippen LogP contribution in [0.3, 0.4) is 0 Å². The van der Waals surface area contributed by atoms with Gasteiger partial charge in [-0.3, -0.25) is 14.4 Å². The second-order valence-electron chi connectivity index (χ2n) is 8.22. The molecule has 0 aromatic heterocycles. The molecule has 6 nitrogen and oxygen atoms in total. The molecule has 0 atom stereocenters. The van der Waals surface area contributed by atoms with Crippen LogP contribution >= 0.6 is 0 Å². The summed E-state index contributed by atoms with van der Waals surface area (Å²) in [7, 11) is 0. The second-order valence-corrected chi connectivity index (χ2v) is 8.22. The fourth-order valence-electron chi connectivity index (χ4n) is 3.31. The van der Waals surface area contributed by atoms with Crippen molar-refractivity contribution < 1.29 is 23.5 Å². The van der Waals surface area contributed by atoms with Crippen molar-refractivity contribution >= 4 is 23.5 Å². The van der Waals surface area contributed by atoms with Crippen LogP contribution in [-0.2, 0) is 19.1 Å². The van der Waals surface area contributed by atoms with E-state index in [0.29, 0.717) is 18.0 Å². The van der Waals surface area contributed by atoms with E-state index < -0.39 is 23.2 Å². The zero-order valence-electron chi connectivity index (χ0n) is 16.8.